The summed E-state index contributed by atoms with van der Waals surface area (Å²) < 4.78 is 5.35. The monoisotopic (exact) mass is 678 g/mol. The average Bonchev–Trinajstić information content (AvgIpc) is 3.63. The van der Waals surface area contributed by atoms with Crippen molar-refractivity contribution in [2.45, 2.75) is 71.8 Å². The van der Waals surface area contributed by atoms with Crippen molar-refractivity contribution >= 4 is 40.9 Å². The molecule has 50 heavy (non-hydrogen) atoms. The molecule has 3 N–H and O–H groups in total. The summed E-state index contributed by atoms with van der Waals surface area (Å²) in [6, 6.07) is 22.8. The number of ketones is 1. The number of nitrogens with one attached hydrogen (secondary N) is 3. The Hall–Kier alpha value is -5.19. The molecule has 1 fully saturated rings. The van der Waals surface area contributed by atoms with E-state index in [4.69, 9.17) is 4.74 Å². The third-order valence-corrected chi connectivity index (χ3v) is 8.90. The van der Waals surface area contributed by atoms with Crippen LogP contribution in [0.15, 0.2) is 88.0 Å². The minimum Gasteiger partial charge on any atom is -0.444 e. The van der Waals surface area contributed by atoms with Gasteiger partial charge in [0.25, 0.3) is 0 Å². The van der Waals surface area contributed by atoms with Crippen LogP contribution < -0.4 is 16.0 Å². The van der Waals surface area contributed by atoms with E-state index in [2.05, 4.69) is 31.2 Å². The highest BCUT2D eigenvalue weighted by molar-refractivity contribution is 6.01. The van der Waals surface area contributed by atoms with Crippen molar-refractivity contribution in [1.82, 2.24) is 5.32 Å². The summed E-state index contributed by atoms with van der Waals surface area (Å²) in [5.74, 6) is -0.158. The van der Waals surface area contributed by atoms with Gasteiger partial charge in [0.05, 0.1) is 0 Å². The van der Waals surface area contributed by atoms with E-state index >= 15 is 0 Å². The first kappa shape index (κ1) is 36.1. The molecule has 0 spiro atoms. The number of carbonyl (C=O) groups excluding carboxylic acids is 4. The maximum atomic E-state index is 13.8. The number of alkyl carbamates (subject to hydrolysis) is 1. The zero-order chi connectivity index (χ0) is 35.7. The molecule has 0 unspecified atom stereocenters. The topological polar surface area (TPSA) is 151 Å². The largest absolute Gasteiger partial charge is 0.444 e. The Bertz CT molecular complexity index is 1740. The van der Waals surface area contributed by atoms with E-state index in [9.17, 15) is 19.2 Å². The van der Waals surface area contributed by atoms with Crippen LogP contribution in [0, 0.1) is 17.8 Å². The molecule has 1 heterocycles. The number of carbonyl (C=O) groups is 4. The maximum Gasteiger partial charge on any atom is 0.407 e. The third kappa shape index (κ3) is 10.4. The van der Waals surface area contributed by atoms with Gasteiger partial charge in [-0.1, -0.05) is 42.5 Å². The lowest BCUT2D eigenvalue weighted by Gasteiger charge is -2.29. The van der Waals surface area contributed by atoms with Crippen LogP contribution in [0.5, 0.6) is 0 Å². The number of nitrogens with zero attached hydrogens (tertiary/aromatic N) is 3. The smallest absolute Gasteiger partial charge is 0.407 e. The predicted molar refractivity (Wildman–Crippen MR) is 194 cm³/mol. The molecular weight excluding hydrogens is 632 g/mol. The van der Waals surface area contributed by atoms with Crippen molar-refractivity contribution in [3.05, 3.63) is 83.9 Å². The number of aliphatic imine (C=N–C) groups is 1. The summed E-state index contributed by atoms with van der Waals surface area (Å²) in [5.41, 5.74) is 4.35. The van der Waals surface area contributed by atoms with E-state index < -0.39 is 17.6 Å². The van der Waals surface area contributed by atoms with E-state index in [1.54, 1.807) is 12.1 Å². The molecule has 2 aliphatic rings. The van der Waals surface area contributed by atoms with Gasteiger partial charge >= 0.3 is 6.09 Å². The van der Waals surface area contributed by atoms with Gasteiger partial charge in [-0.25, -0.2) is 9.79 Å². The number of hydrogen-bond acceptors (Lipinski definition) is 8. The van der Waals surface area contributed by atoms with E-state index in [0.29, 0.717) is 31.2 Å². The molecule has 1 saturated carbocycles. The fraction of sp³-hybridized carbons (Fsp3) is 0.410. The van der Waals surface area contributed by atoms with Crippen LogP contribution in [-0.4, -0.2) is 48.3 Å². The molecule has 0 aromatic heterocycles. The van der Waals surface area contributed by atoms with Gasteiger partial charge in [0.2, 0.25) is 11.8 Å². The fourth-order valence-corrected chi connectivity index (χ4v) is 6.36. The second kappa shape index (κ2) is 16.5. The van der Waals surface area contributed by atoms with Crippen molar-refractivity contribution in [3.8, 4) is 11.1 Å². The predicted octanol–water partition coefficient (Wildman–Crippen LogP) is 7.57. The number of hydrogen-bond donors (Lipinski definition) is 3. The molecule has 0 saturated heterocycles. The highest BCUT2D eigenvalue weighted by Crippen LogP contribution is 2.32. The first-order valence-electron chi connectivity index (χ1n) is 17.2. The standard InChI is InChI=1S/C39H46N6O5/c1-25(46)43-34-8-6-5-7-33(34)28-13-9-26(10-14-28)21-31(37(48)44-32-19-17-30(18-20-32)36-41-24-42-45-36)22-35(47)29-15-11-27(12-16-29)23-40-38(49)50-39(2,3)4/h5-10,13-14,17-20,27,29,31H,11-12,15-16,21-24H2,1-4H3,(H,40,49)(H,43,46)(H,44,48)/t27?,29?,31-/m1/s1. The summed E-state index contributed by atoms with van der Waals surface area (Å²) in [6.45, 7) is 7.80. The van der Waals surface area contributed by atoms with Crippen molar-refractivity contribution < 1.29 is 23.9 Å². The molecule has 1 aliphatic carbocycles. The van der Waals surface area contributed by atoms with Gasteiger partial charge in [0.1, 0.15) is 11.4 Å². The molecule has 11 heteroatoms. The molecule has 1 aliphatic heterocycles. The van der Waals surface area contributed by atoms with Crippen molar-refractivity contribution in [2.24, 2.45) is 33.0 Å². The Labute approximate surface area is 293 Å². The maximum absolute atomic E-state index is 13.8. The van der Waals surface area contributed by atoms with Gasteiger partial charge in [-0.15, -0.1) is 5.11 Å². The van der Waals surface area contributed by atoms with Gasteiger partial charge in [-0.2, -0.15) is 5.11 Å². The van der Waals surface area contributed by atoms with E-state index in [0.717, 1.165) is 53.6 Å². The van der Waals surface area contributed by atoms with Crippen molar-refractivity contribution in [1.29, 1.82) is 0 Å². The molecule has 0 radical (unpaired) electrons. The highest BCUT2D eigenvalue weighted by Gasteiger charge is 2.31. The number of amides is 3. The quantitative estimate of drug-likeness (QED) is 0.181. The first-order chi connectivity index (χ1) is 23.9. The van der Waals surface area contributed by atoms with Gasteiger partial charge < -0.3 is 20.7 Å². The first-order valence-corrected chi connectivity index (χ1v) is 17.2. The molecule has 1 atom stereocenters. The van der Waals surface area contributed by atoms with Gasteiger partial charge in [0, 0.05) is 54.2 Å². The zero-order valence-electron chi connectivity index (χ0n) is 29.2. The van der Waals surface area contributed by atoms with Crippen LogP contribution in [0.2, 0.25) is 0 Å². The van der Waals surface area contributed by atoms with Crippen LogP contribution in [0.1, 0.15) is 70.9 Å². The van der Waals surface area contributed by atoms with Crippen LogP contribution in [0.25, 0.3) is 11.1 Å². The summed E-state index contributed by atoms with van der Waals surface area (Å²) >= 11 is 0. The molecular formula is C39H46N6O5. The molecule has 3 amide bonds. The number of amidine groups is 1. The number of Topliss-reactive ketones (excluding diaryl/α,β-unsaturated/α-hetero) is 1. The number of para-hydroxylation sites is 1. The minimum atomic E-state index is -0.584. The highest BCUT2D eigenvalue weighted by atomic mass is 16.6. The van der Waals surface area contributed by atoms with Crippen molar-refractivity contribution in [3.63, 3.8) is 0 Å². The molecule has 262 valence electrons. The molecule has 3 aromatic carbocycles. The SMILES string of the molecule is CC(=O)Nc1ccccc1-c1ccc(C[C@H](CC(=O)C2CCC(CNC(=O)OC(C)(C)C)CC2)C(=O)Nc2ccc(C3=NCN=N3)cc2)cc1. The number of rotatable bonds is 12. The molecule has 5 rings (SSSR count). The molecule has 0 bridgehead atoms. The molecule has 11 nitrogen and oxygen atoms in total. The van der Waals surface area contributed by atoms with E-state index in [-0.39, 0.29) is 35.9 Å². The number of anilines is 2. The van der Waals surface area contributed by atoms with Gasteiger partial charge in [-0.3, -0.25) is 14.4 Å². The van der Waals surface area contributed by atoms with Gasteiger partial charge in [0.15, 0.2) is 12.5 Å². The second-order valence-electron chi connectivity index (χ2n) is 14.0. The number of azo groups is 1. The molecule has 3 aromatic rings. The van der Waals surface area contributed by atoms with Crippen molar-refractivity contribution in [2.75, 3.05) is 23.8 Å². The summed E-state index contributed by atoms with van der Waals surface area (Å²) in [4.78, 5) is 55.6. The fourth-order valence-electron chi connectivity index (χ4n) is 6.36. The summed E-state index contributed by atoms with van der Waals surface area (Å²) in [7, 11) is 0. The van der Waals surface area contributed by atoms with Crippen LogP contribution in [0.3, 0.4) is 0 Å². The minimum absolute atomic E-state index is 0.0875. The van der Waals surface area contributed by atoms with Crippen LogP contribution in [-0.2, 0) is 25.5 Å². The number of benzene rings is 3. The average molecular weight is 679 g/mol. The zero-order valence-corrected chi connectivity index (χ0v) is 29.2. The number of ether oxygens (including phenoxy) is 1. The Morgan fingerprint density at radius 2 is 1.54 bits per heavy atom. The van der Waals surface area contributed by atoms with E-state index in [1.165, 1.54) is 6.92 Å². The lowest BCUT2D eigenvalue weighted by Crippen LogP contribution is -2.37. The Kier molecular flexibility index (Phi) is 11.9. The second-order valence-corrected chi connectivity index (χ2v) is 14.0. The van der Waals surface area contributed by atoms with Crippen LogP contribution in [0.4, 0.5) is 16.2 Å². The third-order valence-electron chi connectivity index (χ3n) is 8.90. The Balaban J connectivity index is 1.25. The lowest BCUT2D eigenvalue weighted by atomic mass is 9.77. The summed E-state index contributed by atoms with van der Waals surface area (Å²) in [6.07, 6.45) is 3.17. The van der Waals surface area contributed by atoms with Crippen LogP contribution >= 0.6 is 0 Å². The Morgan fingerprint density at radius 3 is 2.18 bits per heavy atom. The lowest BCUT2D eigenvalue weighted by molar-refractivity contribution is -0.129. The summed E-state index contributed by atoms with van der Waals surface area (Å²) in [5, 5.41) is 16.7. The normalized spacial score (nSPS) is 17.7. The van der Waals surface area contributed by atoms with E-state index in [1.807, 2.05) is 81.4 Å². The van der Waals surface area contributed by atoms with Gasteiger partial charge in [-0.05, 0) is 100 Å². The Morgan fingerprint density at radius 1 is 0.860 bits per heavy atom.